The van der Waals surface area contributed by atoms with E-state index in [1.54, 1.807) is 0 Å². The van der Waals surface area contributed by atoms with E-state index in [0.29, 0.717) is 37.4 Å². The molecule has 0 radical (unpaired) electrons. The van der Waals surface area contributed by atoms with Crippen LogP contribution in [0.4, 0.5) is 0 Å². The summed E-state index contributed by atoms with van der Waals surface area (Å²) in [6.45, 7) is 3.69. The molecule has 0 aromatic rings. The van der Waals surface area contributed by atoms with Gasteiger partial charge in [-0.1, -0.05) is 12.2 Å². The number of carbonyl (C=O) groups is 2. The van der Waals surface area contributed by atoms with Gasteiger partial charge in [-0.25, -0.2) is 0 Å². The van der Waals surface area contributed by atoms with E-state index in [1.165, 1.54) is 0 Å². The Bertz CT molecular complexity index is 423. The number of piperidine rings is 1. The highest BCUT2D eigenvalue weighted by atomic mass is 16.5. The molecule has 0 spiro atoms. The van der Waals surface area contributed by atoms with Crippen molar-refractivity contribution in [1.82, 2.24) is 4.90 Å². The van der Waals surface area contributed by atoms with Gasteiger partial charge in [0.2, 0.25) is 5.91 Å². The molecule has 20 heavy (non-hydrogen) atoms. The Morgan fingerprint density at radius 2 is 1.95 bits per heavy atom. The van der Waals surface area contributed by atoms with Crippen molar-refractivity contribution in [2.24, 2.45) is 23.7 Å². The first-order chi connectivity index (χ1) is 9.69. The molecule has 2 fully saturated rings. The van der Waals surface area contributed by atoms with Gasteiger partial charge in [0, 0.05) is 19.0 Å². The molecule has 2 bridgehead atoms. The van der Waals surface area contributed by atoms with Crippen molar-refractivity contribution in [3.63, 3.8) is 0 Å². The average molecular weight is 277 g/mol. The van der Waals surface area contributed by atoms with Gasteiger partial charge in [-0.15, -0.1) is 0 Å². The average Bonchev–Trinajstić information content (AvgIpc) is 3.09. The van der Waals surface area contributed by atoms with E-state index in [2.05, 4.69) is 12.2 Å². The van der Waals surface area contributed by atoms with Gasteiger partial charge in [-0.05, 0) is 44.4 Å². The van der Waals surface area contributed by atoms with Crippen LogP contribution in [0.15, 0.2) is 12.2 Å². The van der Waals surface area contributed by atoms with Crippen LogP contribution >= 0.6 is 0 Å². The molecule has 0 aromatic carbocycles. The van der Waals surface area contributed by atoms with E-state index in [1.807, 2.05) is 11.8 Å². The van der Waals surface area contributed by atoms with Crippen LogP contribution < -0.4 is 0 Å². The van der Waals surface area contributed by atoms with Gasteiger partial charge in [0.1, 0.15) is 0 Å². The second-order valence-electron chi connectivity index (χ2n) is 6.24. The largest absolute Gasteiger partial charge is 0.466 e. The Kier molecular flexibility index (Phi) is 3.81. The first kappa shape index (κ1) is 13.7. The molecule has 1 aliphatic heterocycles. The van der Waals surface area contributed by atoms with Crippen LogP contribution in [0.2, 0.25) is 0 Å². The Balaban J connectivity index is 1.52. The Morgan fingerprint density at radius 3 is 2.50 bits per heavy atom. The number of allylic oxidation sites excluding steroid dienone is 2. The number of esters is 1. The predicted molar refractivity (Wildman–Crippen MR) is 74.8 cm³/mol. The fourth-order valence-corrected chi connectivity index (χ4v) is 3.89. The third kappa shape index (κ3) is 2.48. The maximum absolute atomic E-state index is 12.6. The maximum Gasteiger partial charge on any atom is 0.309 e. The molecule has 3 unspecified atom stereocenters. The molecule has 3 rings (SSSR count). The first-order valence-electron chi connectivity index (χ1n) is 7.82. The van der Waals surface area contributed by atoms with Gasteiger partial charge in [0.15, 0.2) is 0 Å². The van der Waals surface area contributed by atoms with Crippen molar-refractivity contribution in [1.29, 1.82) is 0 Å². The molecule has 0 N–H and O–H groups in total. The van der Waals surface area contributed by atoms with Gasteiger partial charge in [0.05, 0.1) is 12.5 Å². The standard InChI is InChI=1S/C16H23NO3/c1-2-20-16(19)12-5-7-17(8-6-12)15(18)14-10-11-3-4-13(14)9-11/h3-4,11-14H,2,5-10H2,1H3. The van der Waals surface area contributed by atoms with Crippen molar-refractivity contribution in [2.75, 3.05) is 19.7 Å². The van der Waals surface area contributed by atoms with Crippen molar-refractivity contribution in [2.45, 2.75) is 32.6 Å². The van der Waals surface area contributed by atoms with Gasteiger partial charge in [-0.3, -0.25) is 9.59 Å². The number of hydrogen-bond donors (Lipinski definition) is 0. The molecular formula is C16H23NO3. The lowest BCUT2D eigenvalue weighted by atomic mass is 9.90. The van der Waals surface area contributed by atoms with E-state index in [4.69, 9.17) is 4.74 Å². The monoisotopic (exact) mass is 277 g/mol. The number of fused-ring (bicyclic) bond motifs is 2. The zero-order valence-electron chi connectivity index (χ0n) is 12.1. The molecule has 1 saturated heterocycles. The van der Waals surface area contributed by atoms with E-state index in [-0.39, 0.29) is 17.8 Å². The number of ether oxygens (including phenoxy) is 1. The lowest BCUT2D eigenvalue weighted by Crippen LogP contribution is -2.44. The number of carbonyl (C=O) groups excluding carboxylic acids is 2. The van der Waals surface area contributed by atoms with Crippen molar-refractivity contribution < 1.29 is 14.3 Å². The van der Waals surface area contributed by atoms with Crippen molar-refractivity contribution >= 4 is 11.9 Å². The summed E-state index contributed by atoms with van der Waals surface area (Å²) >= 11 is 0. The van der Waals surface area contributed by atoms with Gasteiger partial charge < -0.3 is 9.64 Å². The summed E-state index contributed by atoms with van der Waals surface area (Å²) in [4.78, 5) is 26.2. The number of hydrogen-bond acceptors (Lipinski definition) is 3. The number of amides is 1. The minimum Gasteiger partial charge on any atom is -0.466 e. The highest BCUT2D eigenvalue weighted by Crippen LogP contribution is 2.44. The van der Waals surface area contributed by atoms with Crippen molar-refractivity contribution in [3.05, 3.63) is 12.2 Å². The van der Waals surface area contributed by atoms with Crippen LogP contribution in [-0.4, -0.2) is 36.5 Å². The third-order valence-electron chi connectivity index (χ3n) is 5.02. The second-order valence-corrected chi connectivity index (χ2v) is 6.24. The van der Waals surface area contributed by atoms with E-state index in [0.717, 1.165) is 25.7 Å². The predicted octanol–water partition coefficient (Wildman–Crippen LogP) is 2.00. The highest BCUT2D eigenvalue weighted by molar-refractivity contribution is 5.80. The Labute approximate surface area is 120 Å². The van der Waals surface area contributed by atoms with Crippen LogP contribution in [0.1, 0.15) is 32.6 Å². The van der Waals surface area contributed by atoms with E-state index >= 15 is 0 Å². The zero-order valence-corrected chi connectivity index (χ0v) is 12.1. The lowest BCUT2D eigenvalue weighted by Gasteiger charge is -2.33. The van der Waals surface area contributed by atoms with Gasteiger partial charge >= 0.3 is 5.97 Å². The fraction of sp³-hybridized carbons (Fsp3) is 0.750. The summed E-state index contributed by atoms with van der Waals surface area (Å²) < 4.78 is 5.07. The number of nitrogens with zero attached hydrogens (tertiary/aromatic N) is 1. The van der Waals surface area contributed by atoms with Gasteiger partial charge in [0.25, 0.3) is 0 Å². The number of rotatable bonds is 3. The molecule has 0 aromatic heterocycles. The molecule has 1 heterocycles. The summed E-state index contributed by atoms with van der Waals surface area (Å²) in [7, 11) is 0. The molecule has 4 nitrogen and oxygen atoms in total. The van der Waals surface area contributed by atoms with Crippen LogP contribution in [0.25, 0.3) is 0 Å². The molecule has 2 aliphatic carbocycles. The molecule has 3 aliphatic rings. The van der Waals surface area contributed by atoms with Gasteiger partial charge in [-0.2, -0.15) is 0 Å². The number of likely N-dealkylation sites (tertiary alicyclic amines) is 1. The minimum absolute atomic E-state index is 0.0149. The van der Waals surface area contributed by atoms with Crippen LogP contribution in [0, 0.1) is 23.7 Å². The zero-order chi connectivity index (χ0) is 14.1. The lowest BCUT2D eigenvalue weighted by molar-refractivity contribution is -0.152. The fourth-order valence-electron chi connectivity index (χ4n) is 3.89. The molecule has 3 atom stereocenters. The molecular weight excluding hydrogens is 254 g/mol. The summed E-state index contributed by atoms with van der Waals surface area (Å²) in [5.41, 5.74) is 0. The first-order valence-corrected chi connectivity index (χ1v) is 7.82. The summed E-state index contributed by atoms with van der Waals surface area (Å²) in [6.07, 6.45) is 8.18. The summed E-state index contributed by atoms with van der Waals surface area (Å²) in [5.74, 6) is 1.50. The molecule has 110 valence electrons. The smallest absolute Gasteiger partial charge is 0.309 e. The highest BCUT2D eigenvalue weighted by Gasteiger charge is 2.42. The quantitative estimate of drug-likeness (QED) is 0.585. The third-order valence-corrected chi connectivity index (χ3v) is 5.02. The maximum atomic E-state index is 12.6. The van der Waals surface area contributed by atoms with Crippen molar-refractivity contribution in [3.8, 4) is 0 Å². The molecule has 4 heteroatoms. The topological polar surface area (TPSA) is 46.6 Å². The van der Waals surface area contributed by atoms with Crippen LogP contribution in [-0.2, 0) is 14.3 Å². The molecule has 1 saturated carbocycles. The SMILES string of the molecule is CCOC(=O)C1CCN(C(=O)C2CC3C=CC2C3)CC1. The second kappa shape index (κ2) is 5.58. The Hall–Kier alpha value is -1.32. The summed E-state index contributed by atoms with van der Waals surface area (Å²) in [6, 6.07) is 0. The Morgan fingerprint density at radius 1 is 1.20 bits per heavy atom. The minimum atomic E-state index is -0.0949. The normalized spacial score (nSPS) is 32.6. The molecule has 1 amide bonds. The van der Waals surface area contributed by atoms with Crippen LogP contribution in [0.3, 0.4) is 0 Å². The van der Waals surface area contributed by atoms with E-state index < -0.39 is 0 Å². The van der Waals surface area contributed by atoms with Crippen LogP contribution in [0.5, 0.6) is 0 Å². The van der Waals surface area contributed by atoms with E-state index in [9.17, 15) is 9.59 Å². The summed E-state index contributed by atoms with van der Waals surface area (Å²) in [5, 5.41) is 0.